The Morgan fingerprint density at radius 3 is 2.56 bits per heavy atom. The number of anilines is 1. The fraction of sp³-hybridized carbons (Fsp3) is 0.478. The molecule has 0 saturated heterocycles. The summed E-state index contributed by atoms with van der Waals surface area (Å²) in [5.41, 5.74) is -0.325. The molecule has 182 valence electrons. The average molecular weight is 500 g/mol. The minimum atomic E-state index is -4.86. The van der Waals surface area contributed by atoms with Crippen molar-refractivity contribution in [2.24, 2.45) is 18.9 Å². The Labute approximate surface area is 197 Å². The van der Waals surface area contributed by atoms with Crippen molar-refractivity contribution in [3.8, 4) is 11.8 Å². The van der Waals surface area contributed by atoms with Gasteiger partial charge in [-0.25, -0.2) is 9.37 Å². The van der Waals surface area contributed by atoms with Crippen LogP contribution >= 0.6 is 11.6 Å². The molecule has 1 heterocycles. The van der Waals surface area contributed by atoms with Crippen LogP contribution in [0.4, 0.5) is 23.2 Å². The molecular weight excluding hydrogens is 478 g/mol. The maximum Gasteiger partial charge on any atom is 0.425 e. The molecule has 3 atom stereocenters. The maximum absolute atomic E-state index is 13.4. The van der Waals surface area contributed by atoms with E-state index in [0.29, 0.717) is 29.9 Å². The number of aliphatic hydroxyl groups is 2. The van der Waals surface area contributed by atoms with Crippen molar-refractivity contribution in [3.05, 3.63) is 46.8 Å². The summed E-state index contributed by atoms with van der Waals surface area (Å²) in [5.74, 6) is 2.85. The van der Waals surface area contributed by atoms with Crippen molar-refractivity contribution in [1.82, 2.24) is 9.55 Å². The third kappa shape index (κ3) is 4.92. The van der Waals surface area contributed by atoms with Gasteiger partial charge in [0.2, 0.25) is 6.10 Å². The molecule has 1 aromatic carbocycles. The number of halogens is 5. The van der Waals surface area contributed by atoms with E-state index in [1.54, 1.807) is 17.5 Å². The van der Waals surface area contributed by atoms with Gasteiger partial charge >= 0.3 is 6.18 Å². The molecule has 0 spiro atoms. The number of aryl methyl sites for hydroxylation is 1. The van der Waals surface area contributed by atoms with Crippen LogP contribution in [0.15, 0.2) is 24.5 Å². The molecule has 11 heteroatoms. The Kier molecular flexibility index (Phi) is 6.40. The van der Waals surface area contributed by atoms with Crippen LogP contribution in [0.5, 0.6) is 0 Å². The molecule has 0 radical (unpaired) electrons. The minimum absolute atomic E-state index is 0.00107. The SMILES string of the molecule is Cn1cnc(C2CC3CC(O)(C#CC(O)C(F)(F)F)CC3C2)c1C(=O)Nc1ccc(F)c(Cl)c1. The summed E-state index contributed by atoms with van der Waals surface area (Å²) in [6.07, 6.45) is -4.57. The number of nitrogens with one attached hydrogen (secondary N) is 1. The van der Waals surface area contributed by atoms with Crippen molar-refractivity contribution >= 4 is 23.2 Å². The summed E-state index contributed by atoms with van der Waals surface area (Å²) in [4.78, 5) is 17.4. The normalized spacial score (nSPS) is 27.1. The molecule has 2 aromatic rings. The molecule has 2 saturated carbocycles. The third-order valence-corrected chi connectivity index (χ3v) is 6.83. The van der Waals surface area contributed by atoms with Crippen molar-refractivity contribution in [2.75, 3.05) is 5.32 Å². The van der Waals surface area contributed by atoms with Crippen LogP contribution < -0.4 is 5.32 Å². The van der Waals surface area contributed by atoms with Gasteiger partial charge in [0.25, 0.3) is 5.91 Å². The number of nitrogens with zero attached hydrogens (tertiary/aromatic N) is 2. The number of hydrogen-bond acceptors (Lipinski definition) is 4. The predicted molar refractivity (Wildman–Crippen MR) is 116 cm³/mol. The van der Waals surface area contributed by atoms with Crippen LogP contribution in [0.1, 0.15) is 47.8 Å². The van der Waals surface area contributed by atoms with Gasteiger partial charge < -0.3 is 20.1 Å². The largest absolute Gasteiger partial charge is 0.425 e. The fourth-order valence-electron chi connectivity index (χ4n) is 5.06. The fourth-order valence-corrected chi connectivity index (χ4v) is 5.24. The van der Waals surface area contributed by atoms with E-state index in [0.717, 1.165) is 6.07 Å². The van der Waals surface area contributed by atoms with Crippen LogP contribution in [0, 0.1) is 29.5 Å². The number of fused-ring (bicyclic) bond motifs is 1. The van der Waals surface area contributed by atoms with E-state index in [-0.39, 0.29) is 35.6 Å². The first-order valence-electron chi connectivity index (χ1n) is 10.6. The molecule has 0 bridgehead atoms. The van der Waals surface area contributed by atoms with Gasteiger partial charge in [-0.1, -0.05) is 23.4 Å². The van der Waals surface area contributed by atoms with Gasteiger partial charge in [0.05, 0.1) is 17.0 Å². The lowest BCUT2D eigenvalue weighted by molar-refractivity contribution is -0.184. The molecule has 2 aliphatic carbocycles. The molecule has 4 rings (SSSR count). The zero-order chi connectivity index (χ0) is 24.8. The van der Waals surface area contributed by atoms with Crippen LogP contribution in [0.2, 0.25) is 5.02 Å². The van der Waals surface area contributed by atoms with Crippen molar-refractivity contribution in [1.29, 1.82) is 0 Å². The highest BCUT2D eigenvalue weighted by Gasteiger charge is 2.49. The second-order valence-corrected chi connectivity index (χ2v) is 9.42. The zero-order valence-electron chi connectivity index (χ0n) is 18.0. The standard InChI is InChI=1S/C23H22ClF4N3O3/c1-31-11-29-19(20(31)21(33)30-15-2-3-17(25)16(24)8-15)12-6-13-9-22(34,10-14(13)7-12)5-4-18(32)23(26,27)28/h2-3,8,11-14,18,32,34H,6-7,9-10H2,1H3,(H,30,33). The number of aliphatic hydroxyl groups excluding tert-OH is 1. The van der Waals surface area contributed by atoms with Gasteiger partial charge in [-0.05, 0) is 55.7 Å². The molecule has 3 unspecified atom stereocenters. The Hall–Kier alpha value is -2.61. The molecule has 0 aliphatic heterocycles. The lowest BCUT2D eigenvalue weighted by Crippen LogP contribution is -2.29. The van der Waals surface area contributed by atoms with Gasteiger partial charge in [0.15, 0.2) is 0 Å². The quantitative estimate of drug-likeness (QED) is 0.439. The van der Waals surface area contributed by atoms with E-state index >= 15 is 0 Å². The van der Waals surface area contributed by atoms with Gasteiger partial charge in [-0.15, -0.1) is 0 Å². The monoisotopic (exact) mass is 499 g/mol. The van der Waals surface area contributed by atoms with Crippen molar-refractivity contribution in [3.63, 3.8) is 0 Å². The molecule has 34 heavy (non-hydrogen) atoms. The summed E-state index contributed by atoms with van der Waals surface area (Å²) in [7, 11) is 1.68. The minimum Gasteiger partial charge on any atom is -0.378 e. The van der Waals surface area contributed by atoms with Crippen LogP contribution in [-0.4, -0.2) is 43.6 Å². The van der Waals surface area contributed by atoms with E-state index < -0.39 is 29.6 Å². The summed E-state index contributed by atoms with van der Waals surface area (Å²) in [5, 5.41) is 22.3. The van der Waals surface area contributed by atoms with Gasteiger partial charge in [0, 0.05) is 18.7 Å². The number of rotatable bonds is 3. The maximum atomic E-state index is 13.4. The summed E-state index contributed by atoms with van der Waals surface area (Å²) < 4.78 is 52.5. The number of alkyl halides is 3. The summed E-state index contributed by atoms with van der Waals surface area (Å²) >= 11 is 5.78. The highest BCUT2D eigenvalue weighted by molar-refractivity contribution is 6.31. The Balaban J connectivity index is 1.46. The smallest absolute Gasteiger partial charge is 0.378 e. The molecule has 6 nitrogen and oxygen atoms in total. The average Bonchev–Trinajstić information content (AvgIpc) is 3.39. The van der Waals surface area contributed by atoms with Crippen LogP contribution in [-0.2, 0) is 7.05 Å². The van der Waals surface area contributed by atoms with Gasteiger partial charge in [-0.3, -0.25) is 4.79 Å². The van der Waals surface area contributed by atoms with E-state index in [4.69, 9.17) is 16.7 Å². The van der Waals surface area contributed by atoms with Gasteiger partial charge in [0.1, 0.15) is 17.1 Å². The number of carbonyl (C=O) groups excluding carboxylic acids is 1. The second-order valence-electron chi connectivity index (χ2n) is 9.01. The number of carbonyl (C=O) groups is 1. The topological polar surface area (TPSA) is 87.4 Å². The summed E-state index contributed by atoms with van der Waals surface area (Å²) in [6, 6.07) is 3.85. The number of imidazole rings is 1. The summed E-state index contributed by atoms with van der Waals surface area (Å²) in [6.45, 7) is 0. The number of aromatic nitrogens is 2. The molecule has 1 amide bonds. The molecule has 2 aliphatic rings. The molecule has 2 fully saturated rings. The molecular formula is C23H22ClF4N3O3. The Bertz CT molecular complexity index is 1160. The van der Waals surface area contributed by atoms with E-state index in [2.05, 4.69) is 16.2 Å². The number of hydrogen-bond donors (Lipinski definition) is 3. The number of benzene rings is 1. The Morgan fingerprint density at radius 2 is 1.97 bits per heavy atom. The molecule has 3 N–H and O–H groups in total. The Morgan fingerprint density at radius 1 is 1.32 bits per heavy atom. The lowest BCUT2D eigenvalue weighted by atomic mass is 9.92. The van der Waals surface area contributed by atoms with E-state index in [1.807, 2.05) is 0 Å². The highest BCUT2D eigenvalue weighted by atomic mass is 35.5. The van der Waals surface area contributed by atoms with Crippen LogP contribution in [0.25, 0.3) is 0 Å². The van der Waals surface area contributed by atoms with Crippen molar-refractivity contribution in [2.45, 2.75) is 49.5 Å². The first-order valence-corrected chi connectivity index (χ1v) is 11.0. The highest BCUT2D eigenvalue weighted by Crippen LogP contribution is 2.53. The second kappa shape index (κ2) is 8.87. The first-order chi connectivity index (χ1) is 15.9. The van der Waals surface area contributed by atoms with E-state index in [1.165, 1.54) is 18.5 Å². The molecule has 1 aromatic heterocycles. The van der Waals surface area contributed by atoms with Crippen LogP contribution in [0.3, 0.4) is 0 Å². The predicted octanol–water partition coefficient (Wildman–Crippen LogP) is 4.03. The van der Waals surface area contributed by atoms with Crippen molar-refractivity contribution < 1.29 is 32.6 Å². The lowest BCUT2D eigenvalue weighted by Gasteiger charge is -2.19. The third-order valence-electron chi connectivity index (χ3n) is 6.54. The number of amides is 1. The van der Waals surface area contributed by atoms with Gasteiger partial charge in [-0.2, -0.15) is 13.2 Å². The zero-order valence-corrected chi connectivity index (χ0v) is 18.8. The van der Waals surface area contributed by atoms with E-state index in [9.17, 15) is 27.5 Å². The first kappa shape index (κ1) is 24.5.